The molecule has 1 atom stereocenters. The maximum Gasteiger partial charge on any atom is 0.324 e. The minimum absolute atomic E-state index is 0.0978. The molecule has 0 saturated carbocycles. The van der Waals surface area contributed by atoms with E-state index < -0.39 is 17.9 Å². The third-order valence-electron chi connectivity index (χ3n) is 3.24. The van der Waals surface area contributed by atoms with Gasteiger partial charge in [-0.3, -0.25) is 9.59 Å². The maximum atomic E-state index is 11.9. The number of aliphatic carboxylic acids is 1. The second kappa shape index (κ2) is 8.36. The Labute approximate surface area is 144 Å². The van der Waals surface area contributed by atoms with Gasteiger partial charge in [-0.2, -0.15) is 0 Å². The SMILES string of the molecule is CCOC(=O)C(C(=O)O)c1cc(Cl)cc(OCc2ccccc2)c1. The number of esters is 1. The Morgan fingerprint density at radius 1 is 1.17 bits per heavy atom. The van der Waals surface area contributed by atoms with Crippen LogP contribution in [0.3, 0.4) is 0 Å². The largest absolute Gasteiger partial charge is 0.489 e. The predicted octanol–water partition coefficient (Wildman–Crippen LogP) is 3.65. The Bertz CT molecular complexity index is 715. The molecule has 0 amide bonds. The van der Waals surface area contributed by atoms with Gasteiger partial charge in [-0.15, -0.1) is 0 Å². The van der Waals surface area contributed by atoms with Gasteiger partial charge < -0.3 is 14.6 Å². The van der Waals surface area contributed by atoms with Crippen molar-refractivity contribution in [1.29, 1.82) is 0 Å². The summed E-state index contributed by atoms with van der Waals surface area (Å²) in [5.74, 6) is -3.19. The quantitative estimate of drug-likeness (QED) is 0.610. The highest BCUT2D eigenvalue weighted by Gasteiger charge is 2.30. The molecule has 126 valence electrons. The number of carbonyl (C=O) groups is 2. The van der Waals surface area contributed by atoms with Crippen molar-refractivity contribution >= 4 is 23.5 Å². The first-order chi connectivity index (χ1) is 11.5. The molecule has 1 unspecified atom stereocenters. The van der Waals surface area contributed by atoms with Gasteiger partial charge in [-0.25, -0.2) is 0 Å². The van der Waals surface area contributed by atoms with Crippen LogP contribution in [-0.2, 0) is 20.9 Å². The molecule has 0 spiro atoms. The van der Waals surface area contributed by atoms with Crippen LogP contribution in [0.5, 0.6) is 5.75 Å². The molecule has 2 aromatic rings. The van der Waals surface area contributed by atoms with Crippen molar-refractivity contribution in [2.75, 3.05) is 6.61 Å². The summed E-state index contributed by atoms with van der Waals surface area (Å²) in [5, 5.41) is 9.61. The molecular weight excluding hydrogens is 332 g/mol. The molecule has 2 aromatic carbocycles. The van der Waals surface area contributed by atoms with Crippen LogP contribution < -0.4 is 4.74 Å². The monoisotopic (exact) mass is 348 g/mol. The van der Waals surface area contributed by atoms with E-state index in [1.165, 1.54) is 12.1 Å². The van der Waals surface area contributed by atoms with Gasteiger partial charge in [0.25, 0.3) is 0 Å². The molecule has 5 nitrogen and oxygen atoms in total. The van der Waals surface area contributed by atoms with E-state index in [1.54, 1.807) is 13.0 Å². The number of hydrogen-bond acceptors (Lipinski definition) is 4. The smallest absolute Gasteiger partial charge is 0.324 e. The molecule has 6 heteroatoms. The highest BCUT2D eigenvalue weighted by Crippen LogP contribution is 2.28. The maximum absolute atomic E-state index is 11.9. The molecule has 0 aliphatic carbocycles. The topological polar surface area (TPSA) is 72.8 Å². The average molecular weight is 349 g/mol. The molecule has 0 fully saturated rings. The number of benzene rings is 2. The molecule has 0 saturated heterocycles. The summed E-state index contributed by atoms with van der Waals surface area (Å²) < 4.78 is 10.5. The van der Waals surface area contributed by atoms with Crippen LogP contribution in [0.1, 0.15) is 24.0 Å². The van der Waals surface area contributed by atoms with Crippen LogP contribution >= 0.6 is 11.6 Å². The van der Waals surface area contributed by atoms with Crippen LogP contribution in [0, 0.1) is 0 Å². The Hall–Kier alpha value is -2.53. The summed E-state index contributed by atoms with van der Waals surface area (Å²) in [6.07, 6.45) is 0. The van der Waals surface area contributed by atoms with Crippen molar-refractivity contribution in [2.45, 2.75) is 19.4 Å². The zero-order valence-corrected chi connectivity index (χ0v) is 13.8. The van der Waals surface area contributed by atoms with E-state index in [2.05, 4.69) is 0 Å². The molecule has 0 radical (unpaired) electrons. The Morgan fingerprint density at radius 2 is 1.88 bits per heavy atom. The van der Waals surface area contributed by atoms with Crippen molar-refractivity contribution in [1.82, 2.24) is 0 Å². The van der Waals surface area contributed by atoms with E-state index in [1.807, 2.05) is 30.3 Å². The molecule has 0 heterocycles. The van der Waals surface area contributed by atoms with E-state index in [9.17, 15) is 14.7 Å². The molecule has 2 rings (SSSR count). The van der Waals surface area contributed by atoms with Gasteiger partial charge in [-0.1, -0.05) is 41.9 Å². The lowest BCUT2D eigenvalue weighted by Gasteiger charge is -2.14. The first kappa shape index (κ1) is 17.8. The fourth-order valence-corrected chi connectivity index (χ4v) is 2.41. The minimum Gasteiger partial charge on any atom is -0.489 e. The van der Waals surface area contributed by atoms with E-state index in [4.69, 9.17) is 21.1 Å². The molecule has 24 heavy (non-hydrogen) atoms. The fourth-order valence-electron chi connectivity index (χ4n) is 2.18. The number of ether oxygens (including phenoxy) is 2. The lowest BCUT2D eigenvalue weighted by atomic mass is 9.99. The molecule has 0 aliphatic heterocycles. The van der Waals surface area contributed by atoms with Crippen molar-refractivity contribution in [2.24, 2.45) is 0 Å². The fraction of sp³-hybridized carbons (Fsp3) is 0.222. The minimum atomic E-state index is -1.44. The Kier molecular flexibility index (Phi) is 6.21. The van der Waals surface area contributed by atoms with Crippen LogP contribution in [0.4, 0.5) is 0 Å². The molecule has 0 bridgehead atoms. The number of carbonyl (C=O) groups excluding carboxylic acids is 1. The van der Waals surface area contributed by atoms with Crippen molar-refractivity contribution in [3.05, 3.63) is 64.7 Å². The van der Waals surface area contributed by atoms with Crippen molar-refractivity contribution in [3.8, 4) is 5.75 Å². The van der Waals surface area contributed by atoms with E-state index in [-0.39, 0.29) is 17.2 Å². The lowest BCUT2D eigenvalue weighted by Crippen LogP contribution is -2.24. The zero-order chi connectivity index (χ0) is 17.5. The highest BCUT2D eigenvalue weighted by atomic mass is 35.5. The van der Waals surface area contributed by atoms with Crippen LogP contribution in [-0.4, -0.2) is 23.7 Å². The van der Waals surface area contributed by atoms with Gasteiger partial charge in [0.1, 0.15) is 12.4 Å². The number of carboxylic acid groups (broad SMARTS) is 1. The Balaban J connectivity index is 2.23. The van der Waals surface area contributed by atoms with Gasteiger partial charge >= 0.3 is 11.9 Å². The van der Waals surface area contributed by atoms with Gasteiger partial charge in [0.2, 0.25) is 0 Å². The second-order valence-electron chi connectivity index (χ2n) is 5.02. The molecular formula is C18H17ClO5. The van der Waals surface area contributed by atoms with Gasteiger partial charge in [0, 0.05) is 5.02 Å². The summed E-state index contributed by atoms with van der Waals surface area (Å²) in [4.78, 5) is 23.3. The second-order valence-corrected chi connectivity index (χ2v) is 5.45. The molecule has 1 N–H and O–H groups in total. The third kappa shape index (κ3) is 4.73. The predicted molar refractivity (Wildman–Crippen MR) is 89.2 cm³/mol. The normalized spacial score (nSPS) is 11.6. The first-order valence-electron chi connectivity index (χ1n) is 7.38. The van der Waals surface area contributed by atoms with Gasteiger partial charge in [0.15, 0.2) is 5.92 Å². The van der Waals surface area contributed by atoms with E-state index >= 15 is 0 Å². The average Bonchev–Trinajstić information content (AvgIpc) is 2.53. The van der Waals surface area contributed by atoms with Crippen molar-refractivity contribution < 1.29 is 24.2 Å². The summed E-state index contributed by atoms with van der Waals surface area (Å²) >= 11 is 6.04. The van der Waals surface area contributed by atoms with E-state index in [0.717, 1.165) is 5.56 Å². The van der Waals surface area contributed by atoms with Gasteiger partial charge in [-0.05, 0) is 36.2 Å². The van der Waals surface area contributed by atoms with E-state index in [0.29, 0.717) is 12.4 Å². The summed E-state index contributed by atoms with van der Waals surface area (Å²) in [6.45, 7) is 2.02. The van der Waals surface area contributed by atoms with Crippen molar-refractivity contribution in [3.63, 3.8) is 0 Å². The van der Waals surface area contributed by atoms with Crippen LogP contribution in [0.15, 0.2) is 48.5 Å². The number of halogens is 1. The Morgan fingerprint density at radius 3 is 2.50 bits per heavy atom. The number of rotatable bonds is 7. The number of carboxylic acids is 1. The van der Waals surface area contributed by atoms with Crippen LogP contribution in [0.2, 0.25) is 5.02 Å². The van der Waals surface area contributed by atoms with Crippen LogP contribution in [0.25, 0.3) is 0 Å². The number of hydrogen-bond donors (Lipinski definition) is 1. The zero-order valence-electron chi connectivity index (χ0n) is 13.1. The first-order valence-corrected chi connectivity index (χ1v) is 7.75. The summed E-state index contributed by atoms with van der Waals surface area (Å²) in [6, 6.07) is 14.0. The lowest BCUT2D eigenvalue weighted by molar-refractivity contribution is -0.153. The highest BCUT2D eigenvalue weighted by molar-refractivity contribution is 6.30. The third-order valence-corrected chi connectivity index (χ3v) is 3.46. The standard InChI is InChI=1S/C18H17ClO5/c1-2-23-18(22)16(17(20)21)13-8-14(19)10-15(9-13)24-11-12-6-4-3-5-7-12/h3-10,16H,2,11H2,1H3,(H,20,21). The molecule has 0 aliphatic rings. The molecule has 0 aromatic heterocycles. The summed E-state index contributed by atoms with van der Waals surface area (Å²) in [5.41, 5.74) is 1.18. The van der Waals surface area contributed by atoms with Gasteiger partial charge in [0.05, 0.1) is 6.61 Å². The summed E-state index contributed by atoms with van der Waals surface area (Å²) in [7, 11) is 0.